The maximum Gasteiger partial charge on any atom is 0.0548 e. The van der Waals surface area contributed by atoms with E-state index in [1.54, 1.807) is 0 Å². The van der Waals surface area contributed by atoms with Crippen LogP contribution in [0.4, 0.5) is 34.1 Å². The zero-order valence-electron chi connectivity index (χ0n) is 31.6. The van der Waals surface area contributed by atoms with Crippen molar-refractivity contribution >= 4 is 87.4 Å². The second-order valence-electron chi connectivity index (χ2n) is 14.6. The molecule has 0 atom stereocenters. The highest BCUT2D eigenvalue weighted by molar-refractivity contribution is 7.25. The Labute approximate surface area is 341 Å². The molecule has 0 unspecified atom stereocenters. The molecule has 0 bridgehead atoms. The van der Waals surface area contributed by atoms with Gasteiger partial charge in [-0.15, -0.1) is 11.3 Å². The minimum absolute atomic E-state index is 1.10. The Morgan fingerprint density at radius 1 is 0.293 bits per heavy atom. The number of hydrogen-bond donors (Lipinski definition) is 0. The molecule has 0 amide bonds. The van der Waals surface area contributed by atoms with Crippen molar-refractivity contribution in [3.05, 3.63) is 224 Å². The average Bonchev–Trinajstić information content (AvgIpc) is 3.82. The third kappa shape index (κ3) is 5.90. The summed E-state index contributed by atoms with van der Waals surface area (Å²) >= 11 is 1.87. The molecule has 9 aromatic carbocycles. The molecule has 0 N–H and O–H groups in total. The maximum atomic E-state index is 2.42. The van der Waals surface area contributed by atoms with Crippen LogP contribution >= 0.6 is 11.3 Å². The van der Waals surface area contributed by atoms with Crippen molar-refractivity contribution in [1.82, 2.24) is 4.57 Å². The lowest BCUT2D eigenvalue weighted by molar-refractivity contribution is 1.18. The van der Waals surface area contributed by atoms with E-state index in [1.165, 1.54) is 53.1 Å². The van der Waals surface area contributed by atoms with Crippen LogP contribution in [0.2, 0.25) is 0 Å². The molecule has 0 saturated heterocycles. The number of anilines is 6. The van der Waals surface area contributed by atoms with Crippen molar-refractivity contribution in [1.29, 1.82) is 0 Å². The summed E-state index contributed by atoms with van der Waals surface area (Å²) in [5.74, 6) is 0. The third-order valence-electron chi connectivity index (χ3n) is 11.1. The third-order valence-corrected chi connectivity index (χ3v) is 12.3. The first-order valence-electron chi connectivity index (χ1n) is 19.7. The topological polar surface area (TPSA) is 11.4 Å². The molecular formula is C54H37N3S. The van der Waals surface area contributed by atoms with Gasteiger partial charge in [-0.05, 0) is 120 Å². The lowest BCUT2D eigenvalue weighted by atomic mass is 10.0. The van der Waals surface area contributed by atoms with E-state index in [9.17, 15) is 0 Å². The van der Waals surface area contributed by atoms with Crippen LogP contribution < -0.4 is 9.80 Å². The number of hydrogen-bond acceptors (Lipinski definition) is 3. The maximum absolute atomic E-state index is 2.42. The first-order chi connectivity index (χ1) is 28.8. The quantitative estimate of drug-likeness (QED) is 0.153. The highest BCUT2D eigenvalue weighted by Crippen LogP contribution is 2.44. The summed E-state index contributed by atoms with van der Waals surface area (Å²) in [7, 11) is 0. The molecular weight excluding hydrogens is 723 g/mol. The Kier molecular flexibility index (Phi) is 8.34. The zero-order valence-corrected chi connectivity index (χ0v) is 32.4. The van der Waals surface area contributed by atoms with Crippen molar-refractivity contribution in [3.63, 3.8) is 0 Å². The highest BCUT2D eigenvalue weighted by Gasteiger charge is 2.19. The fourth-order valence-corrected chi connectivity index (χ4v) is 9.58. The summed E-state index contributed by atoms with van der Waals surface area (Å²) in [6, 6.07) is 80.9. The molecule has 11 rings (SSSR count). The number of fused-ring (bicyclic) bond motifs is 6. The van der Waals surface area contributed by atoms with Crippen LogP contribution in [0.5, 0.6) is 0 Å². The van der Waals surface area contributed by atoms with Gasteiger partial charge in [0.25, 0.3) is 0 Å². The lowest BCUT2D eigenvalue weighted by Gasteiger charge is -2.26. The second kappa shape index (κ2) is 14.3. The van der Waals surface area contributed by atoms with Crippen LogP contribution in [0, 0.1) is 0 Å². The van der Waals surface area contributed by atoms with Crippen LogP contribution in [-0.2, 0) is 0 Å². The molecule has 2 aromatic heterocycles. The number of para-hydroxylation sites is 4. The molecule has 0 fully saturated rings. The Bertz CT molecular complexity index is 3150. The van der Waals surface area contributed by atoms with E-state index >= 15 is 0 Å². The minimum Gasteiger partial charge on any atom is -0.311 e. The first-order valence-corrected chi connectivity index (χ1v) is 20.5. The summed E-state index contributed by atoms with van der Waals surface area (Å²) in [5.41, 5.74) is 12.6. The number of benzene rings is 9. The van der Waals surface area contributed by atoms with E-state index in [0.29, 0.717) is 0 Å². The monoisotopic (exact) mass is 759 g/mol. The van der Waals surface area contributed by atoms with Gasteiger partial charge in [0.05, 0.1) is 11.0 Å². The van der Waals surface area contributed by atoms with Gasteiger partial charge >= 0.3 is 0 Å². The SMILES string of the molecule is c1ccc(N(c2ccccc2)c2ccc(-c3ccc(N(c4ccccc4)c4ccc5c(c4)c4cc6sc7ccccc7c6cc4n5-c4ccccc4)cc3)cc2)cc1. The van der Waals surface area contributed by atoms with Crippen LogP contribution in [0.1, 0.15) is 0 Å². The number of nitrogens with zero attached hydrogens (tertiary/aromatic N) is 3. The number of aromatic nitrogens is 1. The van der Waals surface area contributed by atoms with Gasteiger partial charge in [0.2, 0.25) is 0 Å². The number of thiophene rings is 1. The van der Waals surface area contributed by atoms with Crippen molar-refractivity contribution in [2.24, 2.45) is 0 Å². The standard InChI is InChI=1S/C54H37N3S/c1-5-15-40(16-6-1)55(41-17-7-2-8-18-41)44-29-25-38(26-30-44)39-27-31-45(32-28-39)56(42-19-9-3-10-20-42)46-33-34-51-48(35-46)49-37-54-50(47-23-13-14-24-53(47)58-54)36-52(49)57(51)43-21-11-4-12-22-43/h1-37H. The highest BCUT2D eigenvalue weighted by atomic mass is 32.1. The van der Waals surface area contributed by atoms with Crippen LogP contribution in [-0.4, -0.2) is 4.57 Å². The predicted octanol–water partition coefficient (Wildman–Crippen LogP) is 15.8. The molecule has 274 valence electrons. The van der Waals surface area contributed by atoms with Crippen LogP contribution in [0.3, 0.4) is 0 Å². The molecule has 0 aliphatic rings. The Hall–Kier alpha value is -7.40. The Morgan fingerprint density at radius 2 is 0.741 bits per heavy atom. The Morgan fingerprint density at radius 3 is 1.31 bits per heavy atom. The van der Waals surface area contributed by atoms with Gasteiger partial charge in [-0.3, -0.25) is 0 Å². The molecule has 0 spiro atoms. The van der Waals surface area contributed by atoms with Crippen molar-refractivity contribution in [2.45, 2.75) is 0 Å². The van der Waals surface area contributed by atoms with Crippen molar-refractivity contribution in [2.75, 3.05) is 9.80 Å². The zero-order chi connectivity index (χ0) is 38.4. The fourth-order valence-electron chi connectivity index (χ4n) is 8.45. The summed E-state index contributed by atoms with van der Waals surface area (Å²) in [4.78, 5) is 4.66. The lowest BCUT2D eigenvalue weighted by Crippen LogP contribution is -2.10. The van der Waals surface area contributed by atoms with E-state index in [-0.39, 0.29) is 0 Å². The summed E-state index contributed by atoms with van der Waals surface area (Å²) in [5, 5.41) is 5.10. The van der Waals surface area contributed by atoms with E-state index in [2.05, 4.69) is 239 Å². The van der Waals surface area contributed by atoms with E-state index in [0.717, 1.165) is 39.8 Å². The van der Waals surface area contributed by atoms with Crippen LogP contribution in [0.25, 0.3) is 58.8 Å². The molecule has 0 aliphatic heterocycles. The predicted molar refractivity (Wildman–Crippen MR) is 248 cm³/mol. The molecule has 3 nitrogen and oxygen atoms in total. The Balaban J connectivity index is 1.00. The van der Waals surface area contributed by atoms with Crippen LogP contribution in [0.15, 0.2) is 224 Å². The first kappa shape index (κ1) is 33.9. The molecule has 2 heterocycles. The largest absolute Gasteiger partial charge is 0.311 e. The average molecular weight is 760 g/mol. The van der Waals surface area contributed by atoms with Gasteiger partial charge in [-0.1, -0.05) is 115 Å². The van der Waals surface area contributed by atoms with Gasteiger partial charge in [-0.2, -0.15) is 0 Å². The summed E-state index contributed by atoms with van der Waals surface area (Å²) in [6.45, 7) is 0. The normalized spacial score (nSPS) is 11.4. The smallest absolute Gasteiger partial charge is 0.0548 e. The molecule has 0 radical (unpaired) electrons. The van der Waals surface area contributed by atoms with Crippen molar-refractivity contribution in [3.8, 4) is 16.8 Å². The van der Waals surface area contributed by atoms with Gasteiger partial charge in [0.1, 0.15) is 0 Å². The molecule has 4 heteroatoms. The summed E-state index contributed by atoms with van der Waals surface area (Å²) < 4.78 is 5.05. The molecule has 0 saturated carbocycles. The molecule has 58 heavy (non-hydrogen) atoms. The molecule has 0 aliphatic carbocycles. The van der Waals surface area contributed by atoms with Gasteiger partial charge in [0, 0.05) is 70.8 Å². The van der Waals surface area contributed by atoms with Gasteiger partial charge < -0.3 is 14.4 Å². The summed E-state index contributed by atoms with van der Waals surface area (Å²) in [6.07, 6.45) is 0. The second-order valence-corrected chi connectivity index (χ2v) is 15.7. The van der Waals surface area contributed by atoms with Gasteiger partial charge in [-0.25, -0.2) is 0 Å². The van der Waals surface area contributed by atoms with E-state index in [1.807, 2.05) is 11.3 Å². The molecule has 11 aromatic rings. The van der Waals surface area contributed by atoms with Crippen molar-refractivity contribution < 1.29 is 0 Å². The van der Waals surface area contributed by atoms with E-state index in [4.69, 9.17) is 0 Å². The van der Waals surface area contributed by atoms with Gasteiger partial charge in [0.15, 0.2) is 0 Å². The van der Waals surface area contributed by atoms with E-state index < -0.39 is 0 Å². The minimum atomic E-state index is 1.10. The number of rotatable bonds is 8. The fraction of sp³-hybridized carbons (Fsp3) is 0.